The van der Waals surface area contributed by atoms with Crippen LogP contribution in [-0.4, -0.2) is 73.4 Å². The number of nitrogens with zero attached hydrogens (tertiary/aromatic N) is 1. The molecule has 0 aromatic rings. The number of amides is 1. The first-order valence-electron chi connectivity index (χ1n) is 31.3. The second-order valence-electron chi connectivity index (χ2n) is 22.4. The van der Waals surface area contributed by atoms with Gasteiger partial charge in [0.2, 0.25) is 5.91 Å². The molecule has 8 nitrogen and oxygen atoms in total. The summed E-state index contributed by atoms with van der Waals surface area (Å²) in [4.78, 5) is 23.3. The molecule has 3 N–H and O–H groups in total. The zero-order valence-electron chi connectivity index (χ0n) is 49.3. The average Bonchev–Trinajstić information content (AvgIpc) is 3.36. The van der Waals surface area contributed by atoms with E-state index in [1.54, 1.807) is 6.08 Å². The van der Waals surface area contributed by atoms with Crippen LogP contribution < -0.4 is 5.32 Å². The second-order valence-corrected chi connectivity index (χ2v) is 23.9. The average molecular weight is 1060 g/mol. The maximum Gasteiger partial charge on any atom is 0.472 e. The molecule has 432 valence electrons. The number of phosphoric ester groups is 1. The number of likely N-dealkylation sites (N-methyl/N-ethyl adjacent to an activating group) is 1. The summed E-state index contributed by atoms with van der Waals surface area (Å²) in [5.74, 6) is -0.174. The Hall–Kier alpha value is -2.06. The van der Waals surface area contributed by atoms with Gasteiger partial charge in [-0.1, -0.05) is 286 Å². The lowest BCUT2D eigenvalue weighted by Crippen LogP contribution is -2.45. The van der Waals surface area contributed by atoms with E-state index in [1.165, 1.54) is 193 Å². The molecule has 0 aromatic carbocycles. The summed E-state index contributed by atoms with van der Waals surface area (Å²) in [6.45, 7) is 4.73. The fourth-order valence-corrected chi connectivity index (χ4v) is 9.81. The maximum absolute atomic E-state index is 13.0. The molecule has 0 heterocycles. The molecule has 0 radical (unpaired) electrons. The van der Waals surface area contributed by atoms with Crippen molar-refractivity contribution >= 4 is 13.7 Å². The van der Waals surface area contributed by atoms with Crippen molar-refractivity contribution in [3.05, 3.63) is 72.9 Å². The number of allylic oxidation sites excluding steroid dienone is 11. The molecule has 3 unspecified atom stereocenters. The lowest BCUT2D eigenvalue weighted by atomic mass is 10.0. The Kier molecular flexibility index (Phi) is 54.1. The van der Waals surface area contributed by atoms with Crippen LogP contribution in [-0.2, 0) is 18.4 Å². The number of rotatable bonds is 57. The molecule has 0 aliphatic heterocycles. The van der Waals surface area contributed by atoms with E-state index in [4.69, 9.17) is 9.05 Å². The van der Waals surface area contributed by atoms with Gasteiger partial charge in [0.05, 0.1) is 39.9 Å². The van der Waals surface area contributed by atoms with E-state index in [-0.39, 0.29) is 19.1 Å². The molecule has 1 amide bonds. The molecule has 0 saturated carbocycles. The molecule has 9 heteroatoms. The third-order valence-electron chi connectivity index (χ3n) is 13.9. The van der Waals surface area contributed by atoms with E-state index in [1.807, 2.05) is 27.2 Å². The predicted octanol–water partition coefficient (Wildman–Crippen LogP) is 19.4. The number of carbonyl (C=O) groups is 1. The van der Waals surface area contributed by atoms with Crippen LogP contribution >= 0.6 is 7.82 Å². The molecule has 0 rings (SSSR count). The van der Waals surface area contributed by atoms with Crippen molar-refractivity contribution in [1.29, 1.82) is 0 Å². The number of unbranched alkanes of at least 4 members (excludes halogenated alkanes) is 34. The monoisotopic (exact) mass is 1060 g/mol. The van der Waals surface area contributed by atoms with Gasteiger partial charge in [0.1, 0.15) is 13.2 Å². The molecule has 0 saturated heterocycles. The van der Waals surface area contributed by atoms with Crippen molar-refractivity contribution in [2.24, 2.45) is 0 Å². The molecule has 74 heavy (non-hydrogen) atoms. The number of nitrogens with one attached hydrogen (secondary N) is 1. The minimum Gasteiger partial charge on any atom is -0.387 e. The van der Waals surface area contributed by atoms with Crippen LogP contribution in [0, 0.1) is 0 Å². The number of phosphoric acid groups is 1. The van der Waals surface area contributed by atoms with Crippen LogP contribution in [0.4, 0.5) is 0 Å². The van der Waals surface area contributed by atoms with Gasteiger partial charge < -0.3 is 19.8 Å². The van der Waals surface area contributed by atoms with Gasteiger partial charge in [-0.25, -0.2) is 4.57 Å². The number of aliphatic hydroxyl groups excluding tert-OH is 1. The van der Waals surface area contributed by atoms with Gasteiger partial charge in [-0.05, 0) is 64.2 Å². The summed E-state index contributed by atoms with van der Waals surface area (Å²) in [6.07, 6.45) is 77.3. The maximum atomic E-state index is 13.0. The molecule has 0 aliphatic rings. The lowest BCUT2D eigenvalue weighted by Gasteiger charge is -2.25. The standard InChI is InChI=1S/C65H121N2O6P/c1-6-8-10-12-14-16-18-20-22-24-25-26-27-28-29-30-31-32-33-34-35-36-37-38-39-40-41-43-45-47-49-51-53-55-57-59-65(69)66-63(62-73-74(70,71)72-61-60-67(3,4)5)64(68)58-56-54-52-50-48-46-44-42-23-21-19-17-15-13-11-9-7-2/h8,10,14,16,20,22,25-26,28-29,56,58,63-64,68H,6-7,9,11-13,15,17-19,21,23-24,27,30-55,57,59-62H2,1-5H3,(H-,66,69,70,71)/p+1/b10-8-,16-14-,22-20-,26-25-,29-28-,58-56+. The highest BCUT2D eigenvalue weighted by atomic mass is 31.2. The van der Waals surface area contributed by atoms with Gasteiger partial charge in [-0.15, -0.1) is 0 Å². The van der Waals surface area contributed by atoms with E-state index in [9.17, 15) is 19.4 Å². The summed E-state index contributed by atoms with van der Waals surface area (Å²) in [6, 6.07) is -0.848. The van der Waals surface area contributed by atoms with Gasteiger partial charge >= 0.3 is 7.82 Å². The minimum atomic E-state index is -4.35. The Balaban J connectivity index is 4.03. The van der Waals surface area contributed by atoms with Crippen LogP contribution in [0.15, 0.2) is 72.9 Å². The SMILES string of the molecule is CC/C=C\C/C=C\C/C=C\C/C=C\C/C=C\CCCCCCCCCCCCCCCCCCCCCC(=O)NC(COP(=O)(O)OCC[N+](C)(C)C)C(O)/C=C/CCCCCCCCCCCCCCCCC. The first kappa shape index (κ1) is 71.9. The van der Waals surface area contributed by atoms with Crippen molar-refractivity contribution in [3.63, 3.8) is 0 Å². The van der Waals surface area contributed by atoms with Gasteiger partial charge in [-0.3, -0.25) is 13.8 Å². The molecule has 0 bridgehead atoms. The number of hydrogen-bond acceptors (Lipinski definition) is 5. The third kappa shape index (κ3) is 57.6. The Labute approximate surface area is 459 Å². The number of hydrogen-bond donors (Lipinski definition) is 3. The quantitative estimate of drug-likeness (QED) is 0.0243. The summed E-state index contributed by atoms with van der Waals surface area (Å²) >= 11 is 0. The molecule has 0 spiro atoms. The van der Waals surface area contributed by atoms with Gasteiger partial charge in [0.25, 0.3) is 0 Å². The zero-order chi connectivity index (χ0) is 54.2. The largest absolute Gasteiger partial charge is 0.472 e. The number of quaternary nitrogens is 1. The molecule has 0 fully saturated rings. The van der Waals surface area contributed by atoms with Crippen molar-refractivity contribution < 1.29 is 32.9 Å². The van der Waals surface area contributed by atoms with E-state index < -0.39 is 20.0 Å². The minimum absolute atomic E-state index is 0.0613. The van der Waals surface area contributed by atoms with Crippen molar-refractivity contribution in [1.82, 2.24) is 5.32 Å². The van der Waals surface area contributed by atoms with Crippen LogP contribution in [0.3, 0.4) is 0 Å². The van der Waals surface area contributed by atoms with E-state index in [2.05, 4.69) is 79.9 Å². The lowest BCUT2D eigenvalue weighted by molar-refractivity contribution is -0.870. The van der Waals surface area contributed by atoms with Gasteiger partial charge in [-0.2, -0.15) is 0 Å². The zero-order valence-corrected chi connectivity index (χ0v) is 50.2. The fraction of sp³-hybridized carbons (Fsp3) is 0.800. The Morgan fingerprint density at radius 1 is 0.473 bits per heavy atom. The Bertz CT molecular complexity index is 1430. The first-order valence-corrected chi connectivity index (χ1v) is 32.8. The summed E-state index contributed by atoms with van der Waals surface area (Å²) in [5, 5.41) is 14.0. The highest BCUT2D eigenvalue weighted by molar-refractivity contribution is 7.47. The van der Waals surface area contributed by atoms with Crippen LogP contribution in [0.5, 0.6) is 0 Å². The van der Waals surface area contributed by atoms with Crippen molar-refractivity contribution in [3.8, 4) is 0 Å². The molecular weight excluding hydrogens is 936 g/mol. The fourth-order valence-electron chi connectivity index (χ4n) is 9.07. The summed E-state index contributed by atoms with van der Waals surface area (Å²) in [7, 11) is 1.58. The summed E-state index contributed by atoms with van der Waals surface area (Å²) in [5.41, 5.74) is 0. The van der Waals surface area contributed by atoms with Crippen LogP contribution in [0.1, 0.15) is 284 Å². The summed E-state index contributed by atoms with van der Waals surface area (Å²) < 4.78 is 23.7. The van der Waals surface area contributed by atoms with Crippen molar-refractivity contribution in [2.75, 3.05) is 40.9 Å². The van der Waals surface area contributed by atoms with Gasteiger partial charge in [0, 0.05) is 6.42 Å². The molecule has 0 aliphatic carbocycles. The second kappa shape index (κ2) is 55.7. The Morgan fingerprint density at radius 3 is 1.19 bits per heavy atom. The number of carbonyl (C=O) groups excluding carboxylic acids is 1. The molecular formula is C65H122N2O6P+. The first-order chi connectivity index (χ1) is 36.0. The highest BCUT2D eigenvalue weighted by Gasteiger charge is 2.27. The normalized spacial score (nSPS) is 14.3. The van der Waals surface area contributed by atoms with Crippen LogP contribution in [0.25, 0.3) is 0 Å². The van der Waals surface area contributed by atoms with E-state index in [0.717, 1.165) is 70.6 Å². The molecule has 3 atom stereocenters. The topological polar surface area (TPSA) is 105 Å². The van der Waals surface area contributed by atoms with Gasteiger partial charge in [0.15, 0.2) is 0 Å². The van der Waals surface area contributed by atoms with Crippen LogP contribution in [0.2, 0.25) is 0 Å². The van der Waals surface area contributed by atoms with E-state index >= 15 is 0 Å². The third-order valence-corrected chi connectivity index (χ3v) is 14.9. The predicted molar refractivity (Wildman–Crippen MR) is 323 cm³/mol. The van der Waals surface area contributed by atoms with Crippen molar-refractivity contribution in [2.45, 2.75) is 296 Å². The Morgan fingerprint density at radius 2 is 0.811 bits per heavy atom. The van der Waals surface area contributed by atoms with E-state index in [0.29, 0.717) is 17.4 Å². The number of aliphatic hydroxyl groups is 1. The highest BCUT2D eigenvalue weighted by Crippen LogP contribution is 2.43. The molecule has 0 aromatic heterocycles. The smallest absolute Gasteiger partial charge is 0.387 e.